The van der Waals surface area contributed by atoms with Crippen molar-refractivity contribution in [3.8, 4) is 5.75 Å². The molecule has 2 aromatic rings. The van der Waals surface area contributed by atoms with Gasteiger partial charge < -0.3 is 9.64 Å². The molecule has 1 saturated heterocycles. The SMILES string of the molecule is COc1ccccc1CC(=O)N1CCC(c2ccccc2)CC1. The predicted octanol–water partition coefficient (Wildman–Crippen LogP) is 3.64. The zero-order valence-electron chi connectivity index (χ0n) is 13.6. The molecule has 3 nitrogen and oxygen atoms in total. The number of carbonyl (C=O) groups excluding carboxylic acids is 1. The number of para-hydroxylation sites is 1. The summed E-state index contributed by atoms with van der Waals surface area (Å²) in [7, 11) is 1.65. The maximum absolute atomic E-state index is 12.5. The number of piperidine rings is 1. The summed E-state index contributed by atoms with van der Waals surface area (Å²) in [5.41, 5.74) is 2.36. The molecule has 3 heteroatoms. The van der Waals surface area contributed by atoms with E-state index in [1.807, 2.05) is 29.2 Å². The molecule has 1 fully saturated rings. The highest BCUT2D eigenvalue weighted by atomic mass is 16.5. The van der Waals surface area contributed by atoms with Crippen LogP contribution in [0.4, 0.5) is 0 Å². The van der Waals surface area contributed by atoms with Gasteiger partial charge in [-0.15, -0.1) is 0 Å². The first-order chi connectivity index (χ1) is 11.3. The van der Waals surface area contributed by atoms with Gasteiger partial charge in [0.2, 0.25) is 5.91 Å². The van der Waals surface area contributed by atoms with Crippen molar-refractivity contribution >= 4 is 5.91 Å². The van der Waals surface area contributed by atoms with E-state index in [1.165, 1.54) is 5.56 Å². The smallest absolute Gasteiger partial charge is 0.227 e. The summed E-state index contributed by atoms with van der Waals surface area (Å²) >= 11 is 0. The Balaban J connectivity index is 1.58. The van der Waals surface area contributed by atoms with E-state index in [9.17, 15) is 4.79 Å². The lowest BCUT2D eigenvalue weighted by molar-refractivity contribution is -0.131. The molecule has 3 rings (SSSR count). The van der Waals surface area contributed by atoms with Crippen molar-refractivity contribution < 1.29 is 9.53 Å². The highest BCUT2D eigenvalue weighted by molar-refractivity contribution is 5.79. The van der Waals surface area contributed by atoms with Gasteiger partial charge in [-0.1, -0.05) is 48.5 Å². The van der Waals surface area contributed by atoms with E-state index in [1.54, 1.807) is 7.11 Å². The van der Waals surface area contributed by atoms with Crippen molar-refractivity contribution in [2.45, 2.75) is 25.2 Å². The van der Waals surface area contributed by atoms with Crippen molar-refractivity contribution in [3.05, 3.63) is 65.7 Å². The minimum atomic E-state index is 0.195. The number of hydrogen-bond acceptors (Lipinski definition) is 2. The normalized spacial score (nSPS) is 15.4. The molecule has 0 spiro atoms. The first-order valence-electron chi connectivity index (χ1n) is 8.22. The van der Waals surface area contributed by atoms with Crippen LogP contribution in [0.3, 0.4) is 0 Å². The Labute approximate surface area is 137 Å². The standard InChI is InChI=1S/C20H23NO2/c1-23-19-10-6-5-9-18(19)15-20(22)21-13-11-17(12-14-21)16-7-3-2-4-8-16/h2-10,17H,11-15H2,1H3. The Morgan fingerprint density at radius 2 is 1.70 bits per heavy atom. The number of carbonyl (C=O) groups is 1. The van der Waals surface area contributed by atoms with E-state index in [2.05, 4.69) is 30.3 Å². The van der Waals surface area contributed by atoms with Gasteiger partial charge in [-0.2, -0.15) is 0 Å². The molecule has 0 radical (unpaired) electrons. The fourth-order valence-electron chi connectivity index (χ4n) is 3.31. The van der Waals surface area contributed by atoms with E-state index in [4.69, 9.17) is 4.74 Å². The Hall–Kier alpha value is -2.29. The van der Waals surface area contributed by atoms with Crippen LogP contribution < -0.4 is 4.74 Å². The number of amides is 1. The summed E-state index contributed by atoms with van der Waals surface area (Å²) in [6.07, 6.45) is 2.50. The van der Waals surface area contributed by atoms with Crippen LogP contribution in [0, 0.1) is 0 Å². The third kappa shape index (κ3) is 3.73. The van der Waals surface area contributed by atoms with Crippen LogP contribution in [0.2, 0.25) is 0 Å². The zero-order chi connectivity index (χ0) is 16.1. The van der Waals surface area contributed by atoms with Crippen LogP contribution in [0.15, 0.2) is 54.6 Å². The topological polar surface area (TPSA) is 29.5 Å². The van der Waals surface area contributed by atoms with Crippen LogP contribution in [-0.2, 0) is 11.2 Å². The van der Waals surface area contributed by atoms with Gasteiger partial charge in [-0.05, 0) is 30.4 Å². The van der Waals surface area contributed by atoms with Crippen molar-refractivity contribution in [2.75, 3.05) is 20.2 Å². The van der Waals surface area contributed by atoms with Crippen molar-refractivity contribution in [1.82, 2.24) is 4.90 Å². The van der Waals surface area contributed by atoms with Crippen LogP contribution in [-0.4, -0.2) is 31.0 Å². The molecule has 1 aliphatic rings. The largest absolute Gasteiger partial charge is 0.496 e. The second-order valence-corrected chi connectivity index (χ2v) is 6.05. The number of nitrogens with zero attached hydrogens (tertiary/aromatic N) is 1. The van der Waals surface area contributed by atoms with Crippen molar-refractivity contribution in [3.63, 3.8) is 0 Å². The van der Waals surface area contributed by atoms with Crippen molar-refractivity contribution in [2.24, 2.45) is 0 Å². The molecule has 0 unspecified atom stereocenters. The minimum absolute atomic E-state index is 0.195. The number of methoxy groups -OCH3 is 1. The number of likely N-dealkylation sites (tertiary alicyclic amines) is 1. The van der Waals surface area contributed by atoms with E-state index in [-0.39, 0.29) is 5.91 Å². The summed E-state index contributed by atoms with van der Waals surface area (Å²) in [4.78, 5) is 14.5. The van der Waals surface area contributed by atoms with Gasteiger partial charge in [-0.3, -0.25) is 4.79 Å². The molecular weight excluding hydrogens is 286 g/mol. The fourth-order valence-corrected chi connectivity index (χ4v) is 3.31. The molecule has 1 heterocycles. The Kier molecular flexibility index (Phi) is 4.96. The summed E-state index contributed by atoms with van der Waals surface area (Å²) in [6, 6.07) is 18.4. The summed E-state index contributed by atoms with van der Waals surface area (Å²) in [6.45, 7) is 1.68. The lowest BCUT2D eigenvalue weighted by atomic mass is 9.89. The summed E-state index contributed by atoms with van der Waals surface area (Å²) < 4.78 is 5.34. The van der Waals surface area contributed by atoms with Gasteiger partial charge in [0.05, 0.1) is 13.5 Å². The predicted molar refractivity (Wildman–Crippen MR) is 91.7 cm³/mol. The highest BCUT2D eigenvalue weighted by Gasteiger charge is 2.24. The van der Waals surface area contributed by atoms with Crippen LogP contribution in [0.5, 0.6) is 5.75 Å². The molecule has 1 amide bonds. The van der Waals surface area contributed by atoms with E-state index in [0.29, 0.717) is 12.3 Å². The average Bonchev–Trinajstić information content (AvgIpc) is 2.63. The first kappa shape index (κ1) is 15.6. The minimum Gasteiger partial charge on any atom is -0.496 e. The molecule has 0 N–H and O–H groups in total. The summed E-state index contributed by atoms with van der Waals surface area (Å²) in [5.74, 6) is 1.56. The Bertz CT molecular complexity index is 646. The molecular formula is C20H23NO2. The number of rotatable bonds is 4. The third-order valence-corrected chi connectivity index (χ3v) is 4.65. The van der Waals surface area contributed by atoms with Crippen LogP contribution in [0.1, 0.15) is 29.9 Å². The Morgan fingerprint density at radius 3 is 2.39 bits per heavy atom. The van der Waals surface area contributed by atoms with Gasteiger partial charge in [-0.25, -0.2) is 0 Å². The van der Waals surface area contributed by atoms with Gasteiger partial charge in [0.25, 0.3) is 0 Å². The van der Waals surface area contributed by atoms with Gasteiger partial charge >= 0.3 is 0 Å². The van der Waals surface area contributed by atoms with Crippen LogP contribution >= 0.6 is 0 Å². The maximum Gasteiger partial charge on any atom is 0.227 e. The molecule has 2 aromatic carbocycles. The molecule has 0 atom stereocenters. The second kappa shape index (κ2) is 7.32. The monoisotopic (exact) mass is 309 g/mol. The first-order valence-corrected chi connectivity index (χ1v) is 8.22. The van der Waals surface area contributed by atoms with Crippen LogP contribution in [0.25, 0.3) is 0 Å². The number of benzene rings is 2. The van der Waals surface area contributed by atoms with E-state index < -0.39 is 0 Å². The molecule has 23 heavy (non-hydrogen) atoms. The fraction of sp³-hybridized carbons (Fsp3) is 0.350. The zero-order valence-corrected chi connectivity index (χ0v) is 13.6. The quantitative estimate of drug-likeness (QED) is 0.863. The van der Waals surface area contributed by atoms with Gasteiger partial charge in [0.1, 0.15) is 5.75 Å². The van der Waals surface area contributed by atoms with Crippen molar-refractivity contribution in [1.29, 1.82) is 0 Å². The molecule has 0 aromatic heterocycles. The van der Waals surface area contributed by atoms with Gasteiger partial charge in [0, 0.05) is 18.7 Å². The molecule has 0 bridgehead atoms. The molecule has 120 valence electrons. The molecule has 0 saturated carbocycles. The molecule has 0 aliphatic carbocycles. The maximum atomic E-state index is 12.5. The third-order valence-electron chi connectivity index (χ3n) is 4.65. The van der Waals surface area contributed by atoms with Gasteiger partial charge in [0.15, 0.2) is 0 Å². The lowest BCUT2D eigenvalue weighted by Gasteiger charge is -2.32. The summed E-state index contributed by atoms with van der Waals surface area (Å²) in [5, 5.41) is 0. The average molecular weight is 309 g/mol. The molecule has 1 aliphatic heterocycles. The van der Waals surface area contributed by atoms with E-state index in [0.717, 1.165) is 37.2 Å². The second-order valence-electron chi connectivity index (χ2n) is 6.05. The number of ether oxygens (including phenoxy) is 1. The number of hydrogen-bond donors (Lipinski definition) is 0. The van der Waals surface area contributed by atoms with E-state index >= 15 is 0 Å². The lowest BCUT2D eigenvalue weighted by Crippen LogP contribution is -2.38. The highest BCUT2D eigenvalue weighted by Crippen LogP contribution is 2.28. The Morgan fingerprint density at radius 1 is 1.04 bits per heavy atom.